The lowest BCUT2D eigenvalue weighted by Gasteiger charge is -2.04. The van der Waals surface area contributed by atoms with Crippen molar-refractivity contribution in [2.24, 2.45) is 5.84 Å². The van der Waals surface area contributed by atoms with Gasteiger partial charge in [0.15, 0.2) is 0 Å². The van der Waals surface area contributed by atoms with Crippen molar-refractivity contribution in [2.45, 2.75) is 6.92 Å². The second-order valence-corrected chi connectivity index (χ2v) is 2.78. The molecule has 0 saturated heterocycles. The van der Waals surface area contributed by atoms with Crippen LogP contribution in [0.25, 0.3) is 0 Å². The highest BCUT2D eigenvalue weighted by Gasteiger charge is 2.26. The summed E-state index contributed by atoms with van der Waals surface area (Å²) in [6, 6.07) is 2.47. The molecule has 0 unspecified atom stereocenters. The van der Waals surface area contributed by atoms with Crippen LogP contribution in [0.4, 0.5) is 17.1 Å². The molecule has 0 aliphatic carbocycles. The van der Waals surface area contributed by atoms with E-state index in [9.17, 15) is 20.2 Å². The Morgan fingerprint density at radius 3 is 2.27 bits per heavy atom. The SMILES string of the molecule is Cc1ccc([N+](=O)[O-])c(NN)c1[N+](=O)[O-]. The molecule has 0 amide bonds. The number of rotatable bonds is 3. The zero-order valence-electron chi connectivity index (χ0n) is 7.76. The minimum atomic E-state index is -0.734. The Bertz CT molecular complexity index is 431. The van der Waals surface area contributed by atoms with Crippen LogP contribution in [0.1, 0.15) is 5.56 Å². The van der Waals surface area contributed by atoms with Crippen molar-refractivity contribution in [3.63, 3.8) is 0 Å². The first kappa shape index (κ1) is 10.9. The molecule has 1 aromatic carbocycles. The highest BCUT2D eigenvalue weighted by atomic mass is 16.6. The van der Waals surface area contributed by atoms with Crippen LogP contribution >= 0.6 is 0 Å². The van der Waals surface area contributed by atoms with Gasteiger partial charge in [0.2, 0.25) is 5.69 Å². The Balaban J connectivity index is 3.54. The van der Waals surface area contributed by atoms with Gasteiger partial charge in [-0.05, 0) is 13.0 Å². The number of nitrogens with two attached hydrogens (primary N) is 1. The summed E-state index contributed by atoms with van der Waals surface area (Å²) in [5.74, 6) is 5.04. The predicted molar refractivity (Wildman–Crippen MR) is 52.3 cm³/mol. The van der Waals surface area contributed by atoms with Gasteiger partial charge in [0.1, 0.15) is 0 Å². The maximum atomic E-state index is 10.7. The molecule has 0 heterocycles. The summed E-state index contributed by atoms with van der Waals surface area (Å²) < 4.78 is 0. The molecule has 0 spiro atoms. The molecule has 1 rings (SSSR count). The van der Waals surface area contributed by atoms with Gasteiger partial charge in [-0.2, -0.15) is 0 Å². The van der Waals surface area contributed by atoms with Crippen molar-refractivity contribution < 1.29 is 9.85 Å². The van der Waals surface area contributed by atoms with Gasteiger partial charge in [-0.1, -0.05) is 0 Å². The average molecular weight is 212 g/mol. The first-order valence-corrected chi connectivity index (χ1v) is 3.88. The molecular weight excluding hydrogens is 204 g/mol. The van der Waals surface area contributed by atoms with Crippen LogP contribution in [0.3, 0.4) is 0 Å². The molecule has 8 heteroatoms. The van der Waals surface area contributed by atoms with E-state index in [-0.39, 0.29) is 11.4 Å². The molecule has 8 nitrogen and oxygen atoms in total. The first-order valence-electron chi connectivity index (χ1n) is 3.88. The standard InChI is InChI=1S/C7H8N4O4/c1-4-2-3-5(10(12)13)6(9-8)7(4)11(14)15/h2-3,9H,8H2,1H3. The second kappa shape index (κ2) is 3.88. The summed E-state index contributed by atoms with van der Waals surface area (Å²) in [5, 5.41) is 21.2. The van der Waals surface area contributed by atoms with E-state index in [1.165, 1.54) is 13.0 Å². The summed E-state index contributed by atoms with van der Waals surface area (Å²) in [5.41, 5.74) is 1.20. The molecule has 0 aliphatic heterocycles. The number of benzene rings is 1. The Kier molecular flexibility index (Phi) is 2.81. The van der Waals surface area contributed by atoms with E-state index in [0.717, 1.165) is 6.07 Å². The lowest BCUT2D eigenvalue weighted by Crippen LogP contribution is -2.12. The van der Waals surface area contributed by atoms with Crippen LogP contribution in [-0.2, 0) is 0 Å². The lowest BCUT2D eigenvalue weighted by atomic mass is 10.1. The predicted octanol–water partition coefficient (Wildman–Crippen LogP) is 1.10. The van der Waals surface area contributed by atoms with Crippen molar-refractivity contribution in [3.05, 3.63) is 37.9 Å². The molecule has 3 N–H and O–H groups in total. The number of aryl methyl sites for hydroxylation is 1. The Hall–Kier alpha value is -2.22. The Morgan fingerprint density at radius 2 is 1.87 bits per heavy atom. The van der Waals surface area contributed by atoms with Gasteiger partial charge in [0.25, 0.3) is 0 Å². The van der Waals surface area contributed by atoms with Crippen molar-refractivity contribution >= 4 is 17.1 Å². The fraction of sp³-hybridized carbons (Fsp3) is 0.143. The van der Waals surface area contributed by atoms with Gasteiger partial charge in [0, 0.05) is 11.6 Å². The van der Waals surface area contributed by atoms with E-state index < -0.39 is 15.5 Å². The first-order chi connectivity index (χ1) is 6.99. The summed E-state index contributed by atoms with van der Waals surface area (Å²) >= 11 is 0. The van der Waals surface area contributed by atoms with Crippen LogP contribution in [0.15, 0.2) is 12.1 Å². The van der Waals surface area contributed by atoms with Crippen LogP contribution < -0.4 is 11.3 Å². The van der Waals surface area contributed by atoms with E-state index in [1.54, 1.807) is 0 Å². The molecule has 15 heavy (non-hydrogen) atoms. The molecular formula is C7H8N4O4. The minimum absolute atomic E-state index is 0.287. The number of hydrogen-bond donors (Lipinski definition) is 2. The zero-order valence-corrected chi connectivity index (χ0v) is 7.76. The van der Waals surface area contributed by atoms with Crippen LogP contribution in [0, 0.1) is 27.2 Å². The molecule has 0 saturated carbocycles. The summed E-state index contributed by atoms with van der Waals surface area (Å²) in [4.78, 5) is 19.8. The van der Waals surface area contributed by atoms with Gasteiger partial charge >= 0.3 is 11.4 Å². The third-order valence-corrected chi connectivity index (χ3v) is 1.88. The number of nitrogens with one attached hydrogen (secondary N) is 1. The maximum absolute atomic E-state index is 10.7. The third kappa shape index (κ3) is 1.83. The summed E-state index contributed by atoms with van der Waals surface area (Å²) in [6.45, 7) is 1.47. The van der Waals surface area contributed by atoms with Gasteiger partial charge in [0.05, 0.1) is 9.85 Å². The number of hydrazine groups is 1. The third-order valence-electron chi connectivity index (χ3n) is 1.88. The minimum Gasteiger partial charge on any atom is -0.313 e. The van der Waals surface area contributed by atoms with Gasteiger partial charge < -0.3 is 5.43 Å². The largest absolute Gasteiger partial charge is 0.313 e. The van der Waals surface area contributed by atoms with Gasteiger partial charge in [-0.3, -0.25) is 26.1 Å². The second-order valence-electron chi connectivity index (χ2n) is 2.78. The molecule has 0 radical (unpaired) electrons. The van der Waals surface area contributed by atoms with E-state index in [0.29, 0.717) is 5.56 Å². The molecule has 0 aromatic heterocycles. The van der Waals surface area contributed by atoms with Crippen molar-refractivity contribution in [3.8, 4) is 0 Å². The van der Waals surface area contributed by atoms with E-state index in [2.05, 4.69) is 0 Å². The zero-order chi connectivity index (χ0) is 11.6. The number of hydrogen-bond acceptors (Lipinski definition) is 6. The van der Waals surface area contributed by atoms with Crippen molar-refractivity contribution in [1.82, 2.24) is 0 Å². The fourth-order valence-corrected chi connectivity index (χ4v) is 1.21. The molecule has 0 aliphatic rings. The lowest BCUT2D eigenvalue weighted by molar-refractivity contribution is -0.392. The smallest absolute Gasteiger partial charge is 0.303 e. The Morgan fingerprint density at radius 1 is 1.27 bits per heavy atom. The topological polar surface area (TPSA) is 124 Å². The highest BCUT2D eigenvalue weighted by molar-refractivity contribution is 5.75. The number of anilines is 1. The Labute approximate surface area is 84.0 Å². The monoisotopic (exact) mass is 212 g/mol. The molecule has 0 fully saturated rings. The molecule has 0 bridgehead atoms. The van der Waals surface area contributed by atoms with Gasteiger partial charge in [-0.25, -0.2) is 0 Å². The van der Waals surface area contributed by atoms with Crippen LogP contribution in [0.2, 0.25) is 0 Å². The highest BCUT2D eigenvalue weighted by Crippen LogP contribution is 2.35. The van der Waals surface area contributed by atoms with Crippen molar-refractivity contribution in [1.29, 1.82) is 0 Å². The van der Waals surface area contributed by atoms with E-state index in [1.807, 2.05) is 5.43 Å². The normalized spacial score (nSPS) is 9.73. The maximum Gasteiger partial charge on any atom is 0.303 e. The summed E-state index contributed by atoms with van der Waals surface area (Å²) in [6.07, 6.45) is 0. The van der Waals surface area contributed by atoms with Crippen LogP contribution in [0.5, 0.6) is 0 Å². The molecule has 1 aromatic rings. The van der Waals surface area contributed by atoms with E-state index >= 15 is 0 Å². The number of nitrogen functional groups attached to an aromatic ring is 1. The molecule has 80 valence electrons. The number of nitro groups is 2. The fourth-order valence-electron chi connectivity index (χ4n) is 1.21. The number of nitro benzene ring substituents is 2. The van der Waals surface area contributed by atoms with Crippen LogP contribution in [-0.4, -0.2) is 9.85 Å². The number of nitrogens with zero attached hydrogens (tertiary/aromatic N) is 2. The average Bonchev–Trinajstić information content (AvgIpc) is 2.15. The quantitative estimate of drug-likeness (QED) is 0.439. The van der Waals surface area contributed by atoms with E-state index in [4.69, 9.17) is 5.84 Å². The molecule has 0 atom stereocenters. The van der Waals surface area contributed by atoms with Crippen molar-refractivity contribution in [2.75, 3.05) is 5.43 Å². The summed E-state index contributed by atoms with van der Waals surface area (Å²) in [7, 11) is 0. The van der Waals surface area contributed by atoms with Gasteiger partial charge in [-0.15, -0.1) is 0 Å².